The van der Waals surface area contributed by atoms with Crippen molar-refractivity contribution in [2.24, 2.45) is 11.8 Å². The quantitative estimate of drug-likeness (QED) is 0.840. The number of carboxylic acids is 1. The molecule has 130 valence electrons. The van der Waals surface area contributed by atoms with Crippen molar-refractivity contribution in [3.63, 3.8) is 0 Å². The average Bonchev–Trinajstić information content (AvgIpc) is 3.16. The van der Waals surface area contributed by atoms with Crippen LogP contribution in [-0.2, 0) is 14.3 Å². The van der Waals surface area contributed by atoms with Crippen molar-refractivity contribution in [3.05, 3.63) is 17.2 Å². The Bertz CT molecular complexity index is 679. The van der Waals surface area contributed by atoms with Crippen LogP contribution in [0.4, 0.5) is 5.69 Å². The summed E-state index contributed by atoms with van der Waals surface area (Å²) in [4.78, 5) is 24.2. The van der Waals surface area contributed by atoms with Crippen molar-refractivity contribution in [1.82, 2.24) is 0 Å². The zero-order valence-electron chi connectivity index (χ0n) is 13.2. The maximum Gasteiger partial charge on any atom is 0.310 e. The number of carboxylic acid groups (broad SMARTS) is 1. The lowest BCUT2D eigenvalue weighted by atomic mass is 9.78. The number of hydrogen-bond acceptors (Lipinski definition) is 5. The third-order valence-electron chi connectivity index (χ3n) is 4.59. The molecule has 0 saturated carbocycles. The van der Waals surface area contributed by atoms with Gasteiger partial charge in [0.05, 0.1) is 49.0 Å². The van der Waals surface area contributed by atoms with Crippen molar-refractivity contribution >= 4 is 29.2 Å². The van der Waals surface area contributed by atoms with Crippen LogP contribution in [-0.4, -0.2) is 43.4 Å². The van der Waals surface area contributed by atoms with E-state index < -0.39 is 29.8 Å². The Kier molecular flexibility index (Phi) is 4.56. The molecule has 2 heterocycles. The SMILES string of the molecule is COc1cc(OC)c(NC(=O)[C@H]2[C@@H](C(=O)O)[C@@H]3CC[C@H]2O3)cc1Cl. The van der Waals surface area contributed by atoms with E-state index in [1.165, 1.54) is 20.3 Å². The smallest absolute Gasteiger partial charge is 0.310 e. The molecule has 0 aliphatic carbocycles. The Balaban J connectivity index is 1.84. The van der Waals surface area contributed by atoms with E-state index >= 15 is 0 Å². The van der Waals surface area contributed by atoms with Crippen LogP contribution in [0.5, 0.6) is 11.5 Å². The number of aliphatic carboxylic acids is 1. The first kappa shape index (κ1) is 16.9. The number of halogens is 1. The fourth-order valence-corrected chi connectivity index (χ4v) is 3.74. The highest BCUT2D eigenvalue weighted by molar-refractivity contribution is 6.32. The number of carbonyl (C=O) groups excluding carboxylic acids is 1. The van der Waals surface area contributed by atoms with Gasteiger partial charge in [0, 0.05) is 6.07 Å². The molecule has 8 heteroatoms. The van der Waals surface area contributed by atoms with Crippen LogP contribution in [0, 0.1) is 11.8 Å². The molecule has 2 N–H and O–H groups in total. The van der Waals surface area contributed by atoms with Gasteiger partial charge in [-0.05, 0) is 18.9 Å². The minimum absolute atomic E-state index is 0.313. The van der Waals surface area contributed by atoms with E-state index in [1.807, 2.05) is 0 Å². The molecule has 1 aromatic carbocycles. The highest BCUT2D eigenvalue weighted by atomic mass is 35.5. The lowest BCUT2D eigenvalue weighted by Gasteiger charge is -2.24. The van der Waals surface area contributed by atoms with Gasteiger partial charge in [-0.15, -0.1) is 0 Å². The van der Waals surface area contributed by atoms with Crippen LogP contribution in [0.2, 0.25) is 5.02 Å². The van der Waals surface area contributed by atoms with E-state index in [9.17, 15) is 14.7 Å². The molecule has 3 rings (SSSR count). The molecule has 0 aromatic heterocycles. The molecular formula is C16H18ClNO6. The van der Waals surface area contributed by atoms with Crippen LogP contribution in [0.15, 0.2) is 12.1 Å². The number of benzene rings is 1. The highest BCUT2D eigenvalue weighted by Gasteiger charge is 2.55. The third-order valence-corrected chi connectivity index (χ3v) is 4.89. The number of rotatable bonds is 5. The molecule has 0 radical (unpaired) electrons. The fraction of sp³-hybridized carbons (Fsp3) is 0.500. The van der Waals surface area contributed by atoms with Crippen molar-refractivity contribution in [1.29, 1.82) is 0 Å². The first-order chi connectivity index (χ1) is 11.5. The molecular weight excluding hydrogens is 338 g/mol. The van der Waals surface area contributed by atoms with Gasteiger partial charge in [0.15, 0.2) is 0 Å². The van der Waals surface area contributed by atoms with Crippen molar-refractivity contribution in [2.75, 3.05) is 19.5 Å². The predicted octanol–water partition coefficient (Wildman–Crippen LogP) is 2.17. The molecule has 4 atom stereocenters. The monoisotopic (exact) mass is 355 g/mol. The standard InChI is InChI=1S/C16H18ClNO6/c1-22-11-6-12(23-2)8(5-7(11)17)18-15(19)13-9-3-4-10(24-9)14(13)16(20)21/h5-6,9-10,13-14H,3-4H2,1-2H3,(H,18,19)(H,20,21)/t9-,10+,13-,14+/m1/s1. The van der Waals surface area contributed by atoms with Gasteiger partial charge in [-0.3, -0.25) is 9.59 Å². The Morgan fingerprint density at radius 3 is 2.38 bits per heavy atom. The third kappa shape index (κ3) is 2.78. The largest absolute Gasteiger partial charge is 0.495 e. The minimum atomic E-state index is -1.01. The van der Waals surface area contributed by atoms with E-state index in [4.69, 9.17) is 25.8 Å². The summed E-state index contributed by atoms with van der Waals surface area (Å²) in [6.07, 6.45) is 0.594. The average molecular weight is 356 g/mol. The van der Waals surface area contributed by atoms with E-state index in [-0.39, 0.29) is 6.10 Å². The summed E-state index contributed by atoms with van der Waals surface area (Å²) < 4.78 is 16.0. The van der Waals surface area contributed by atoms with Crippen molar-refractivity contribution < 1.29 is 28.9 Å². The maximum absolute atomic E-state index is 12.7. The summed E-state index contributed by atoms with van der Waals surface area (Å²) in [6.45, 7) is 0. The summed E-state index contributed by atoms with van der Waals surface area (Å²) >= 11 is 6.09. The Morgan fingerprint density at radius 1 is 1.17 bits per heavy atom. The van der Waals surface area contributed by atoms with Crippen molar-refractivity contribution in [3.8, 4) is 11.5 Å². The molecule has 7 nitrogen and oxygen atoms in total. The molecule has 2 fully saturated rings. The molecule has 2 saturated heterocycles. The lowest BCUT2D eigenvalue weighted by Crippen LogP contribution is -2.41. The summed E-state index contributed by atoms with van der Waals surface area (Å²) in [5.41, 5.74) is 0.361. The minimum Gasteiger partial charge on any atom is -0.495 e. The molecule has 24 heavy (non-hydrogen) atoms. The number of fused-ring (bicyclic) bond motifs is 2. The molecule has 0 unspecified atom stereocenters. The molecule has 1 amide bonds. The molecule has 2 aliphatic rings. The second kappa shape index (κ2) is 6.49. The Labute approximate surface area is 143 Å². The van der Waals surface area contributed by atoms with Gasteiger partial charge < -0.3 is 24.6 Å². The van der Waals surface area contributed by atoms with Gasteiger partial charge in [-0.25, -0.2) is 0 Å². The van der Waals surface area contributed by atoms with Crippen LogP contribution < -0.4 is 14.8 Å². The van der Waals surface area contributed by atoms with E-state index in [1.54, 1.807) is 6.07 Å². The fourth-order valence-electron chi connectivity index (χ4n) is 3.50. The zero-order chi connectivity index (χ0) is 17.4. The van der Waals surface area contributed by atoms with Gasteiger partial charge in [0.2, 0.25) is 5.91 Å². The van der Waals surface area contributed by atoms with Gasteiger partial charge >= 0.3 is 5.97 Å². The topological polar surface area (TPSA) is 94.1 Å². The second-order valence-electron chi connectivity index (χ2n) is 5.86. The normalized spacial score (nSPS) is 27.8. The number of ether oxygens (including phenoxy) is 3. The summed E-state index contributed by atoms with van der Waals surface area (Å²) in [5, 5.41) is 12.4. The number of carbonyl (C=O) groups is 2. The summed E-state index contributed by atoms with van der Waals surface area (Å²) in [7, 11) is 2.93. The van der Waals surface area contributed by atoms with Crippen LogP contribution >= 0.6 is 11.6 Å². The summed E-state index contributed by atoms with van der Waals surface area (Å²) in [5.74, 6) is -2.19. The molecule has 1 aromatic rings. The van der Waals surface area contributed by atoms with Gasteiger partial charge in [-0.1, -0.05) is 11.6 Å². The number of amides is 1. The predicted molar refractivity (Wildman–Crippen MR) is 85.7 cm³/mol. The Hall–Kier alpha value is -1.99. The number of anilines is 1. The lowest BCUT2D eigenvalue weighted by molar-refractivity contribution is -0.147. The van der Waals surface area contributed by atoms with Gasteiger partial charge in [-0.2, -0.15) is 0 Å². The zero-order valence-corrected chi connectivity index (χ0v) is 14.0. The first-order valence-corrected chi connectivity index (χ1v) is 7.94. The highest BCUT2D eigenvalue weighted by Crippen LogP contribution is 2.44. The van der Waals surface area contributed by atoms with E-state index in [2.05, 4.69) is 5.32 Å². The maximum atomic E-state index is 12.7. The van der Waals surface area contributed by atoms with Gasteiger partial charge in [0.1, 0.15) is 11.5 Å². The number of methoxy groups -OCH3 is 2. The van der Waals surface area contributed by atoms with Crippen LogP contribution in [0.25, 0.3) is 0 Å². The van der Waals surface area contributed by atoms with Gasteiger partial charge in [0.25, 0.3) is 0 Å². The number of nitrogens with one attached hydrogen (secondary N) is 1. The number of hydrogen-bond donors (Lipinski definition) is 2. The first-order valence-electron chi connectivity index (χ1n) is 7.57. The van der Waals surface area contributed by atoms with E-state index in [0.29, 0.717) is 35.1 Å². The van der Waals surface area contributed by atoms with Crippen molar-refractivity contribution in [2.45, 2.75) is 25.0 Å². The molecule has 2 aliphatic heterocycles. The summed E-state index contributed by atoms with van der Waals surface area (Å²) in [6, 6.07) is 3.07. The Morgan fingerprint density at radius 2 is 1.79 bits per heavy atom. The van der Waals surface area contributed by atoms with E-state index in [0.717, 1.165) is 0 Å². The van der Waals surface area contributed by atoms with Crippen LogP contribution in [0.1, 0.15) is 12.8 Å². The van der Waals surface area contributed by atoms with Crippen LogP contribution in [0.3, 0.4) is 0 Å². The molecule has 2 bridgehead atoms. The second-order valence-corrected chi connectivity index (χ2v) is 6.26. The molecule has 0 spiro atoms.